The third kappa shape index (κ3) is 8.52. The maximum absolute atomic E-state index is 11.8. The van der Waals surface area contributed by atoms with Crippen LogP contribution in [0.15, 0.2) is 0 Å². The Morgan fingerprint density at radius 2 is 2.06 bits per heavy atom. The Morgan fingerprint density at radius 1 is 1.44 bits per heavy atom. The number of aliphatic hydroxyl groups excluding tert-OH is 1. The molecule has 1 amide bonds. The van der Waals surface area contributed by atoms with E-state index in [-0.39, 0.29) is 12.5 Å². The van der Waals surface area contributed by atoms with Gasteiger partial charge in [-0.25, -0.2) is 0 Å². The van der Waals surface area contributed by atoms with E-state index in [1.54, 1.807) is 0 Å². The highest BCUT2D eigenvalue weighted by Gasteiger charge is 2.27. The zero-order chi connectivity index (χ0) is 12.6. The molecule has 16 heavy (non-hydrogen) atoms. The summed E-state index contributed by atoms with van der Waals surface area (Å²) >= 11 is 0. The van der Waals surface area contributed by atoms with Crippen molar-refractivity contribution in [2.75, 3.05) is 13.2 Å². The van der Waals surface area contributed by atoms with Gasteiger partial charge in [0.15, 0.2) is 0 Å². The Kier molecular flexibility index (Phi) is 7.12. The number of carbonyl (C=O) groups excluding carboxylic acids is 1. The molecule has 0 saturated heterocycles. The Morgan fingerprint density at radius 3 is 2.50 bits per heavy atom. The molecule has 1 atom stereocenters. The summed E-state index contributed by atoms with van der Waals surface area (Å²) in [5, 5.41) is 11.1. The minimum Gasteiger partial charge on any atom is -0.396 e. The molecule has 6 heteroatoms. The van der Waals surface area contributed by atoms with Crippen molar-refractivity contribution in [2.45, 2.75) is 38.8 Å². The summed E-state index contributed by atoms with van der Waals surface area (Å²) in [6, 6.07) is 0. The molecule has 0 aromatic carbocycles. The quantitative estimate of drug-likeness (QED) is 0.714. The molecule has 0 fully saturated rings. The van der Waals surface area contributed by atoms with Gasteiger partial charge in [0.1, 0.15) is 0 Å². The van der Waals surface area contributed by atoms with Gasteiger partial charge in [-0.2, -0.15) is 13.2 Å². The van der Waals surface area contributed by atoms with Crippen molar-refractivity contribution in [1.82, 2.24) is 5.32 Å². The summed E-state index contributed by atoms with van der Waals surface area (Å²) in [4.78, 5) is 11.0. The number of halogens is 3. The van der Waals surface area contributed by atoms with Gasteiger partial charge in [-0.15, -0.1) is 0 Å². The van der Waals surface area contributed by atoms with Crippen molar-refractivity contribution in [2.24, 2.45) is 5.92 Å². The zero-order valence-electron chi connectivity index (χ0n) is 9.31. The number of hydrogen-bond donors (Lipinski definition) is 2. The fraction of sp³-hybridized carbons (Fsp3) is 0.900. The first-order valence-electron chi connectivity index (χ1n) is 5.33. The smallest absolute Gasteiger partial charge is 0.389 e. The van der Waals surface area contributed by atoms with E-state index in [1.165, 1.54) is 0 Å². The maximum atomic E-state index is 11.8. The lowest BCUT2D eigenvalue weighted by molar-refractivity contribution is -0.144. The van der Waals surface area contributed by atoms with Crippen LogP contribution in [0.2, 0.25) is 0 Å². The van der Waals surface area contributed by atoms with Crippen LogP contribution in [0.4, 0.5) is 13.2 Å². The summed E-state index contributed by atoms with van der Waals surface area (Å²) < 4.78 is 35.4. The zero-order valence-corrected chi connectivity index (χ0v) is 9.31. The largest absolute Gasteiger partial charge is 0.396 e. The average Bonchev–Trinajstić information content (AvgIpc) is 2.20. The molecule has 0 heterocycles. The van der Waals surface area contributed by atoms with Crippen LogP contribution in [0, 0.1) is 5.92 Å². The molecule has 0 bridgehead atoms. The highest BCUT2D eigenvalue weighted by atomic mass is 19.4. The highest BCUT2D eigenvalue weighted by Crippen LogP contribution is 2.21. The summed E-state index contributed by atoms with van der Waals surface area (Å²) in [6.07, 6.45) is -4.57. The van der Waals surface area contributed by atoms with Gasteiger partial charge < -0.3 is 10.4 Å². The van der Waals surface area contributed by atoms with Crippen molar-refractivity contribution < 1.29 is 23.1 Å². The van der Waals surface area contributed by atoms with Crippen molar-refractivity contribution in [3.05, 3.63) is 0 Å². The molecule has 0 aliphatic carbocycles. The lowest BCUT2D eigenvalue weighted by Gasteiger charge is -2.14. The van der Waals surface area contributed by atoms with Gasteiger partial charge in [0.2, 0.25) is 5.91 Å². The number of carbonyl (C=O) groups is 1. The molecule has 0 aromatic heterocycles. The van der Waals surface area contributed by atoms with Crippen molar-refractivity contribution in [3.8, 4) is 0 Å². The van der Waals surface area contributed by atoms with Crippen molar-refractivity contribution in [3.63, 3.8) is 0 Å². The Hall–Kier alpha value is -0.780. The van der Waals surface area contributed by atoms with Crippen LogP contribution in [0.1, 0.15) is 32.6 Å². The Bertz CT molecular complexity index is 207. The lowest BCUT2D eigenvalue weighted by atomic mass is 10.0. The van der Waals surface area contributed by atoms with E-state index in [0.717, 1.165) is 6.42 Å². The third-order valence-electron chi connectivity index (χ3n) is 2.34. The second kappa shape index (κ2) is 7.49. The second-order valence-electron chi connectivity index (χ2n) is 3.71. The Labute approximate surface area is 93.0 Å². The number of amides is 1. The molecule has 0 radical (unpaired) electrons. The summed E-state index contributed by atoms with van der Waals surface area (Å²) in [5.41, 5.74) is 0. The molecular weight excluding hydrogens is 223 g/mol. The number of aliphatic hydroxyl groups is 1. The second-order valence-corrected chi connectivity index (χ2v) is 3.71. The first-order chi connectivity index (χ1) is 7.39. The topological polar surface area (TPSA) is 49.3 Å². The van der Waals surface area contributed by atoms with Crippen LogP contribution in [0.3, 0.4) is 0 Å². The van der Waals surface area contributed by atoms with Crippen molar-refractivity contribution in [1.29, 1.82) is 0 Å². The van der Waals surface area contributed by atoms with E-state index in [9.17, 15) is 18.0 Å². The molecule has 0 rings (SSSR count). The van der Waals surface area contributed by atoms with E-state index >= 15 is 0 Å². The number of hydrogen-bond acceptors (Lipinski definition) is 2. The van der Waals surface area contributed by atoms with Gasteiger partial charge in [-0.05, 0) is 12.3 Å². The molecule has 1 unspecified atom stereocenters. The number of rotatable bonds is 7. The van der Waals surface area contributed by atoms with Crippen LogP contribution >= 0.6 is 0 Å². The lowest BCUT2D eigenvalue weighted by Crippen LogP contribution is -2.30. The highest BCUT2D eigenvalue weighted by molar-refractivity contribution is 5.75. The van der Waals surface area contributed by atoms with E-state index in [2.05, 4.69) is 5.32 Å². The monoisotopic (exact) mass is 241 g/mol. The minimum absolute atomic E-state index is 0.0247. The fourth-order valence-corrected chi connectivity index (χ4v) is 1.23. The molecule has 0 saturated carbocycles. The molecule has 0 aliphatic heterocycles. The van der Waals surface area contributed by atoms with Gasteiger partial charge in [-0.1, -0.05) is 13.3 Å². The predicted molar refractivity (Wildman–Crippen MR) is 53.8 cm³/mol. The van der Waals surface area contributed by atoms with Gasteiger partial charge in [0.05, 0.1) is 6.42 Å². The van der Waals surface area contributed by atoms with Crippen LogP contribution in [0.5, 0.6) is 0 Å². The third-order valence-corrected chi connectivity index (χ3v) is 2.34. The number of nitrogens with one attached hydrogen (secondary N) is 1. The standard InChI is InChI=1S/C10H18F3NO2/c1-2-8(4-6-15)7-14-9(16)3-5-10(11,12)13/h8,15H,2-7H2,1H3,(H,14,16). The Balaban J connectivity index is 3.71. The van der Waals surface area contributed by atoms with Crippen LogP contribution in [-0.2, 0) is 4.79 Å². The molecule has 3 nitrogen and oxygen atoms in total. The number of alkyl halides is 3. The van der Waals surface area contributed by atoms with Crippen LogP contribution < -0.4 is 5.32 Å². The van der Waals surface area contributed by atoms with E-state index in [1.807, 2.05) is 6.92 Å². The first-order valence-corrected chi connectivity index (χ1v) is 5.33. The van der Waals surface area contributed by atoms with E-state index in [0.29, 0.717) is 13.0 Å². The van der Waals surface area contributed by atoms with Gasteiger partial charge in [0.25, 0.3) is 0 Å². The predicted octanol–water partition coefficient (Wildman–Crippen LogP) is 1.85. The molecule has 0 spiro atoms. The summed E-state index contributed by atoms with van der Waals surface area (Å²) in [6.45, 7) is 2.26. The molecule has 2 N–H and O–H groups in total. The maximum Gasteiger partial charge on any atom is 0.389 e. The molecule has 96 valence electrons. The van der Waals surface area contributed by atoms with Crippen LogP contribution in [0.25, 0.3) is 0 Å². The van der Waals surface area contributed by atoms with Gasteiger partial charge in [0, 0.05) is 19.6 Å². The average molecular weight is 241 g/mol. The summed E-state index contributed by atoms with van der Waals surface area (Å²) in [7, 11) is 0. The van der Waals surface area contributed by atoms with Crippen molar-refractivity contribution >= 4 is 5.91 Å². The molecule has 0 aromatic rings. The molecule has 0 aliphatic rings. The van der Waals surface area contributed by atoms with E-state index < -0.39 is 24.9 Å². The minimum atomic E-state index is -4.29. The van der Waals surface area contributed by atoms with E-state index in [4.69, 9.17) is 5.11 Å². The SMILES string of the molecule is CCC(CCO)CNC(=O)CCC(F)(F)F. The normalized spacial score (nSPS) is 13.6. The van der Waals surface area contributed by atoms with Gasteiger partial charge in [-0.3, -0.25) is 4.79 Å². The molecular formula is C10H18F3NO2. The van der Waals surface area contributed by atoms with Crippen LogP contribution in [-0.4, -0.2) is 30.3 Å². The fourth-order valence-electron chi connectivity index (χ4n) is 1.23. The van der Waals surface area contributed by atoms with Gasteiger partial charge >= 0.3 is 6.18 Å². The summed E-state index contributed by atoms with van der Waals surface area (Å²) in [5.74, 6) is -0.464. The first kappa shape index (κ1) is 15.2.